The zero-order valence-electron chi connectivity index (χ0n) is 11.3. The summed E-state index contributed by atoms with van der Waals surface area (Å²) in [5.41, 5.74) is -0.0893. The smallest absolute Gasteiger partial charge is 0.333 e. The third kappa shape index (κ3) is 7.24. The number of carbonyl (C=O) groups is 1. The van der Waals surface area contributed by atoms with E-state index in [1.165, 1.54) is 0 Å². The van der Waals surface area contributed by atoms with Gasteiger partial charge in [0.05, 0.1) is 0 Å². The summed E-state index contributed by atoms with van der Waals surface area (Å²) in [4.78, 5) is 12.7. The minimum Gasteiger partial charge on any atom is -0.333 e. The van der Waals surface area contributed by atoms with Gasteiger partial charge in [-0.05, 0) is 11.3 Å². The molecule has 6 heteroatoms. The van der Waals surface area contributed by atoms with Gasteiger partial charge in [0.1, 0.15) is 6.54 Å². The molecule has 0 bridgehead atoms. The van der Waals surface area contributed by atoms with Crippen LogP contribution in [0.1, 0.15) is 34.1 Å². The maximum Gasteiger partial charge on any atom is 0.406 e. The van der Waals surface area contributed by atoms with Gasteiger partial charge in [0, 0.05) is 18.3 Å². The molecule has 0 aliphatic rings. The normalized spacial score (nSPS) is 14.4. The molecule has 108 valence electrons. The van der Waals surface area contributed by atoms with Crippen LogP contribution in [0.4, 0.5) is 13.2 Å². The highest BCUT2D eigenvalue weighted by Gasteiger charge is 2.34. The molecule has 1 unspecified atom stereocenters. The third-order valence-corrected chi connectivity index (χ3v) is 3.39. The van der Waals surface area contributed by atoms with E-state index in [0.29, 0.717) is 5.33 Å². The average molecular weight is 332 g/mol. The predicted octanol–water partition coefficient (Wildman–Crippen LogP) is 3.84. The Bertz CT molecular complexity index is 273. The molecule has 0 saturated heterocycles. The highest BCUT2D eigenvalue weighted by molar-refractivity contribution is 9.09. The van der Waals surface area contributed by atoms with Crippen molar-refractivity contribution in [2.24, 2.45) is 11.3 Å². The SMILES string of the molecule is CC(CC(=O)N(CCBr)CC(F)(F)F)C(C)(C)C. The van der Waals surface area contributed by atoms with E-state index in [2.05, 4.69) is 15.9 Å². The Morgan fingerprint density at radius 2 is 1.78 bits per heavy atom. The van der Waals surface area contributed by atoms with Crippen molar-refractivity contribution in [3.8, 4) is 0 Å². The van der Waals surface area contributed by atoms with Crippen LogP contribution >= 0.6 is 15.9 Å². The van der Waals surface area contributed by atoms with E-state index in [1.54, 1.807) is 0 Å². The maximum absolute atomic E-state index is 12.4. The molecule has 1 amide bonds. The molecule has 0 spiro atoms. The van der Waals surface area contributed by atoms with E-state index < -0.39 is 18.6 Å². The number of hydrogen-bond acceptors (Lipinski definition) is 1. The Morgan fingerprint density at radius 3 is 2.11 bits per heavy atom. The van der Waals surface area contributed by atoms with Gasteiger partial charge in [-0.15, -0.1) is 0 Å². The lowest BCUT2D eigenvalue weighted by atomic mass is 9.80. The fourth-order valence-electron chi connectivity index (χ4n) is 1.31. The van der Waals surface area contributed by atoms with Crippen LogP contribution in [0.2, 0.25) is 0 Å². The molecular weight excluding hydrogens is 311 g/mol. The Hall–Kier alpha value is -0.260. The molecule has 0 heterocycles. The van der Waals surface area contributed by atoms with Gasteiger partial charge >= 0.3 is 6.18 Å². The largest absolute Gasteiger partial charge is 0.406 e. The molecule has 0 radical (unpaired) electrons. The molecule has 0 aromatic heterocycles. The lowest BCUT2D eigenvalue weighted by Crippen LogP contribution is -2.41. The molecule has 0 N–H and O–H groups in total. The lowest BCUT2D eigenvalue weighted by Gasteiger charge is -2.30. The highest BCUT2D eigenvalue weighted by Crippen LogP contribution is 2.29. The molecule has 0 saturated carbocycles. The molecule has 0 aliphatic heterocycles. The van der Waals surface area contributed by atoms with Gasteiger partial charge in [0.25, 0.3) is 0 Å². The van der Waals surface area contributed by atoms with E-state index >= 15 is 0 Å². The van der Waals surface area contributed by atoms with Crippen LogP contribution in [-0.2, 0) is 4.79 Å². The van der Waals surface area contributed by atoms with Crippen LogP contribution in [0.25, 0.3) is 0 Å². The minimum atomic E-state index is -4.34. The Kier molecular flexibility index (Phi) is 6.68. The molecule has 0 fully saturated rings. The quantitative estimate of drug-likeness (QED) is 0.701. The van der Waals surface area contributed by atoms with Crippen molar-refractivity contribution in [3.63, 3.8) is 0 Å². The molecule has 18 heavy (non-hydrogen) atoms. The Morgan fingerprint density at radius 1 is 1.28 bits per heavy atom. The second-order valence-corrected chi connectivity index (χ2v) is 6.38. The fraction of sp³-hybridized carbons (Fsp3) is 0.917. The summed E-state index contributed by atoms with van der Waals surface area (Å²) < 4.78 is 37.1. The standard InChI is InChI=1S/C12H21BrF3NO/c1-9(11(2,3)4)7-10(18)17(6-5-13)8-12(14,15)16/h9H,5-8H2,1-4H3. The molecule has 2 nitrogen and oxygen atoms in total. The van der Waals surface area contributed by atoms with Crippen LogP contribution in [0, 0.1) is 11.3 Å². The van der Waals surface area contributed by atoms with E-state index in [-0.39, 0.29) is 24.3 Å². The Labute approximate surface area is 115 Å². The monoisotopic (exact) mass is 331 g/mol. The van der Waals surface area contributed by atoms with Crippen molar-refractivity contribution in [1.82, 2.24) is 4.90 Å². The zero-order valence-corrected chi connectivity index (χ0v) is 12.9. The second-order valence-electron chi connectivity index (χ2n) is 5.59. The average Bonchev–Trinajstić information content (AvgIpc) is 2.13. The summed E-state index contributed by atoms with van der Waals surface area (Å²) in [6, 6.07) is 0. The lowest BCUT2D eigenvalue weighted by molar-refractivity contribution is -0.161. The van der Waals surface area contributed by atoms with Crippen molar-refractivity contribution < 1.29 is 18.0 Å². The molecule has 0 aromatic carbocycles. The van der Waals surface area contributed by atoms with Gasteiger partial charge in [-0.3, -0.25) is 4.79 Å². The van der Waals surface area contributed by atoms with Crippen molar-refractivity contribution >= 4 is 21.8 Å². The van der Waals surface area contributed by atoms with Gasteiger partial charge in [-0.2, -0.15) is 13.2 Å². The minimum absolute atomic E-state index is 0.0380. The first-order valence-electron chi connectivity index (χ1n) is 5.88. The number of amides is 1. The number of hydrogen-bond donors (Lipinski definition) is 0. The summed E-state index contributed by atoms with van der Waals surface area (Å²) in [7, 11) is 0. The predicted molar refractivity (Wildman–Crippen MR) is 69.7 cm³/mol. The van der Waals surface area contributed by atoms with E-state index in [4.69, 9.17) is 0 Å². The summed E-state index contributed by atoms with van der Waals surface area (Å²) in [6.45, 7) is 6.72. The van der Waals surface area contributed by atoms with Crippen LogP contribution in [0.3, 0.4) is 0 Å². The van der Waals surface area contributed by atoms with Crippen LogP contribution in [0.15, 0.2) is 0 Å². The highest BCUT2D eigenvalue weighted by atomic mass is 79.9. The number of alkyl halides is 4. The van der Waals surface area contributed by atoms with E-state index in [1.807, 2.05) is 27.7 Å². The molecule has 1 atom stereocenters. The molecular formula is C12H21BrF3NO. The maximum atomic E-state index is 12.4. The number of halogens is 4. The van der Waals surface area contributed by atoms with Gasteiger partial charge < -0.3 is 4.90 Å². The van der Waals surface area contributed by atoms with Gasteiger partial charge in [0.15, 0.2) is 0 Å². The number of carbonyl (C=O) groups excluding carboxylic acids is 1. The topological polar surface area (TPSA) is 20.3 Å². The second kappa shape index (κ2) is 6.78. The van der Waals surface area contributed by atoms with E-state index in [0.717, 1.165) is 4.90 Å². The van der Waals surface area contributed by atoms with Gasteiger partial charge in [-0.1, -0.05) is 43.6 Å². The van der Waals surface area contributed by atoms with Crippen LogP contribution in [-0.4, -0.2) is 35.4 Å². The van der Waals surface area contributed by atoms with Crippen LogP contribution < -0.4 is 0 Å². The van der Waals surface area contributed by atoms with Crippen molar-refractivity contribution in [1.29, 1.82) is 0 Å². The Balaban J connectivity index is 4.58. The van der Waals surface area contributed by atoms with Gasteiger partial charge in [-0.25, -0.2) is 0 Å². The molecule has 0 aromatic rings. The van der Waals surface area contributed by atoms with Crippen molar-refractivity contribution in [2.45, 2.75) is 40.3 Å². The first kappa shape index (κ1) is 17.7. The van der Waals surface area contributed by atoms with Crippen LogP contribution in [0.5, 0.6) is 0 Å². The fourth-order valence-corrected chi connectivity index (χ4v) is 1.74. The number of nitrogens with zero attached hydrogens (tertiary/aromatic N) is 1. The summed E-state index contributed by atoms with van der Waals surface area (Å²) in [5, 5.41) is 0.346. The van der Waals surface area contributed by atoms with Gasteiger partial charge in [0.2, 0.25) is 5.91 Å². The summed E-state index contributed by atoms with van der Waals surface area (Å²) in [5.74, 6) is -0.398. The third-order valence-electron chi connectivity index (χ3n) is 3.04. The number of rotatable bonds is 5. The molecule has 0 rings (SSSR count). The van der Waals surface area contributed by atoms with E-state index in [9.17, 15) is 18.0 Å². The summed E-state index contributed by atoms with van der Waals surface area (Å²) in [6.07, 6.45) is -4.20. The van der Waals surface area contributed by atoms with Crippen molar-refractivity contribution in [2.75, 3.05) is 18.4 Å². The first-order chi connectivity index (χ1) is 7.97. The van der Waals surface area contributed by atoms with Crippen molar-refractivity contribution in [3.05, 3.63) is 0 Å². The zero-order chi connectivity index (χ0) is 14.6. The summed E-state index contributed by atoms with van der Waals surface area (Å²) >= 11 is 3.07. The first-order valence-corrected chi connectivity index (χ1v) is 7.00. The molecule has 0 aliphatic carbocycles.